The summed E-state index contributed by atoms with van der Waals surface area (Å²) in [6.45, 7) is 2.21. The lowest BCUT2D eigenvalue weighted by atomic mass is 10.1. The van der Waals surface area contributed by atoms with E-state index in [1.54, 1.807) is 0 Å². The van der Waals surface area contributed by atoms with Gasteiger partial charge in [0, 0.05) is 18.2 Å². The molecule has 19 heavy (non-hydrogen) atoms. The molecule has 0 aromatic heterocycles. The molecule has 0 saturated carbocycles. The molecule has 1 aromatic rings. The molecular weight excluding hydrogens is 257 g/mol. The minimum absolute atomic E-state index is 0.00984. The van der Waals surface area contributed by atoms with Gasteiger partial charge in [0.2, 0.25) is 0 Å². The van der Waals surface area contributed by atoms with Crippen molar-refractivity contribution in [2.75, 3.05) is 6.54 Å². The van der Waals surface area contributed by atoms with Crippen LogP contribution in [-0.2, 0) is 6.18 Å². The van der Waals surface area contributed by atoms with Crippen molar-refractivity contribution in [1.82, 2.24) is 5.32 Å². The standard InChI is InChI=1S/C13H17F3N2O/c1-2-4-11(8-17)18-12(19)9-5-3-6-10(7-9)13(14,15)16/h3,5-7,11H,2,4,8,17H2,1H3,(H,18,19). The highest BCUT2D eigenvalue weighted by molar-refractivity contribution is 5.94. The van der Waals surface area contributed by atoms with Crippen LogP contribution in [0.15, 0.2) is 24.3 Å². The van der Waals surface area contributed by atoms with E-state index in [9.17, 15) is 18.0 Å². The van der Waals surface area contributed by atoms with Crippen LogP contribution in [0.1, 0.15) is 35.7 Å². The number of nitrogens with two attached hydrogens (primary N) is 1. The Morgan fingerprint density at radius 3 is 2.63 bits per heavy atom. The van der Waals surface area contributed by atoms with E-state index in [0.29, 0.717) is 6.42 Å². The zero-order chi connectivity index (χ0) is 14.5. The molecule has 6 heteroatoms. The van der Waals surface area contributed by atoms with Gasteiger partial charge in [-0.05, 0) is 24.6 Å². The molecule has 0 spiro atoms. The number of amides is 1. The fraction of sp³-hybridized carbons (Fsp3) is 0.462. The van der Waals surface area contributed by atoms with Crippen LogP contribution in [0.25, 0.3) is 0 Å². The van der Waals surface area contributed by atoms with Crippen LogP contribution in [0.2, 0.25) is 0 Å². The Hall–Kier alpha value is -1.56. The summed E-state index contributed by atoms with van der Waals surface area (Å²) in [5.74, 6) is -0.532. The van der Waals surface area contributed by atoms with Gasteiger partial charge in [0.1, 0.15) is 0 Å². The molecule has 106 valence electrons. The smallest absolute Gasteiger partial charge is 0.348 e. The maximum Gasteiger partial charge on any atom is 0.416 e. The summed E-state index contributed by atoms with van der Waals surface area (Å²) in [5.41, 5.74) is 4.65. The largest absolute Gasteiger partial charge is 0.416 e. The van der Waals surface area contributed by atoms with Gasteiger partial charge in [0.05, 0.1) is 5.56 Å². The molecule has 1 rings (SSSR count). The van der Waals surface area contributed by atoms with Crippen molar-refractivity contribution in [3.8, 4) is 0 Å². The van der Waals surface area contributed by atoms with Gasteiger partial charge in [0.15, 0.2) is 0 Å². The van der Waals surface area contributed by atoms with Crippen LogP contribution in [-0.4, -0.2) is 18.5 Å². The van der Waals surface area contributed by atoms with Gasteiger partial charge < -0.3 is 11.1 Å². The summed E-state index contributed by atoms with van der Waals surface area (Å²) in [6, 6.07) is 4.13. The van der Waals surface area contributed by atoms with E-state index in [1.807, 2.05) is 6.92 Å². The Labute approximate surface area is 110 Å². The Morgan fingerprint density at radius 2 is 2.11 bits per heavy atom. The predicted molar refractivity (Wildman–Crippen MR) is 66.7 cm³/mol. The van der Waals surface area contributed by atoms with E-state index >= 15 is 0 Å². The molecule has 3 nitrogen and oxygen atoms in total. The van der Waals surface area contributed by atoms with E-state index in [0.717, 1.165) is 18.6 Å². The molecule has 0 fully saturated rings. The summed E-state index contributed by atoms with van der Waals surface area (Å²) >= 11 is 0. The minimum Gasteiger partial charge on any atom is -0.348 e. The summed E-state index contributed by atoms with van der Waals surface area (Å²) in [7, 11) is 0. The number of hydrogen-bond donors (Lipinski definition) is 2. The van der Waals surface area contributed by atoms with Crippen molar-refractivity contribution in [2.45, 2.75) is 32.0 Å². The van der Waals surface area contributed by atoms with Crippen LogP contribution in [0, 0.1) is 0 Å². The Bertz CT molecular complexity index is 432. The maximum atomic E-state index is 12.5. The van der Waals surface area contributed by atoms with Crippen molar-refractivity contribution in [2.24, 2.45) is 5.73 Å². The first-order chi connectivity index (χ1) is 8.88. The van der Waals surface area contributed by atoms with Crippen LogP contribution >= 0.6 is 0 Å². The second-order valence-electron chi connectivity index (χ2n) is 4.27. The molecule has 0 saturated heterocycles. The van der Waals surface area contributed by atoms with Crippen LogP contribution < -0.4 is 11.1 Å². The van der Waals surface area contributed by atoms with Crippen molar-refractivity contribution >= 4 is 5.91 Å². The fourth-order valence-corrected chi connectivity index (χ4v) is 1.70. The van der Waals surface area contributed by atoms with E-state index in [4.69, 9.17) is 5.73 Å². The maximum absolute atomic E-state index is 12.5. The highest BCUT2D eigenvalue weighted by Gasteiger charge is 2.30. The molecule has 0 aliphatic heterocycles. The lowest BCUT2D eigenvalue weighted by molar-refractivity contribution is -0.137. The molecule has 1 amide bonds. The zero-order valence-electron chi connectivity index (χ0n) is 10.6. The molecule has 0 aliphatic rings. The number of hydrogen-bond acceptors (Lipinski definition) is 2. The first-order valence-corrected chi connectivity index (χ1v) is 6.06. The molecule has 0 radical (unpaired) electrons. The van der Waals surface area contributed by atoms with Crippen molar-refractivity contribution in [3.05, 3.63) is 35.4 Å². The Kier molecular flexibility index (Phi) is 5.35. The lowest BCUT2D eigenvalue weighted by Gasteiger charge is -2.16. The number of nitrogens with one attached hydrogen (secondary N) is 1. The monoisotopic (exact) mass is 274 g/mol. The molecule has 0 heterocycles. The Balaban J connectivity index is 2.82. The average Bonchev–Trinajstić information content (AvgIpc) is 2.37. The van der Waals surface area contributed by atoms with Crippen molar-refractivity contribution in [3.63, 3.8) is 0 Å². The SMILES string of the molecule is CCCC(CN)NC(=O)c1cccc(C(F)(F)F)c1. The third-order valence-electron chi connectivity index (χ3n) is 2.71. The quantitative estimate of drug-likeness (QED) is 0.867. The molecule has 1 aromatic carbocycles. The molecule has 0 bridgehead atoms. The summed E-state index contributed by atoms with van der Waals surface area (Å²) in [6.07, 6.45) is -2.92. The highest BCUT2D eigenvalue weighted by Crippen LogP contribution is 2.29. The van der Waals surface area contributed by atoms with Gasteiger partial charge in [-0.15, -0.1) is 0 Å². The predicted octanol–water partition coefficient (Wildman–Crippen LogP) is 2.56. The Morgan fingerprint density at radius 1 is 1.42 bits per heavy atom. The van der Waals surface area contributed by atoms with Crippen molar-refractivity contribution < 1.29 is 18.0 Å². The van der Waals surface area contributed by atoms with E-state index in [1.165, 1.54) is 12.1 Å². The zero-order valence-corrected chi connectivity index (χ0v) is 10.6. The number of halogens is 3. The van der Waals surface area contributed by atoms with E-state index < -0.39 is 17.6 Å². The van der Waals surface area contributed by atoms with E-state index in [2.05, 4.69) is 5.32 Å². The van der Waals surface area contributed by atoms with Gasteiger partial charge in [-0.3, -0.25) is 4.79 Å². The van der Waals surface area contributed by atoms with Crippen LogP contribution in [0.5, 0.6) is 0 Å². The van der Waals surface area contributed by atoms with Gasteiger partial charge in [-0.2, -0.15) is 13.2 Å². The first kappa shape index (κ1) is 15.5. The number of alkyl halides is 3. The van der Waals surface area contributed by atoms with Crippen molar-refractivity contribution in [1.29, 1.82) is 0 Å². The molecule has 0 aliphatic carbocycles. The molecule has 1 atom stereocenters. The summed E-state index contributed by atoms with van der Waals surface area (Å²) < 4.78 is 37.6. The van der Waals surface area contributed by atoms with Gasteiger partial charge in [-0.1, -0.05) is 19.4 Å². The third-order valence-corrected chi connectivity index (χ3v) is 2.71. The third kappa shape index (κ3) is 4.55. The second-order valence-corrected chi connectivity index (χ2v) is 4.27. The summed E-state index contributed by atoms with van der Waals surface area (Å²) in [4.78, 5) is 11.8. The number of carbonyl (C=O) groups excluding carboxylic acids is 1. The van der Waals surface area contributed by atoms with E-state index in [-0.39, 0.29) is 18.2 Å². The van der Waals surface area contributed by atoms with Gasteiger partial charge in [-0.25, -0.2) is 0 Å². The molecule has 1 unspecified atom stereocenters. The topological polar surface area (TPSA) is 55.1 Å². The molecule has 3 N–H and O–H groups in total. The number of rotatable bonds is 5. The second kappa shape index (κ2) is 6.56. The van der Waals surface area contributed by atoms with Gasteiger partial charge >= 0.3 is 6.18 Å². The fourth-order valence-electron chi connectivity index (χ4n) is 1.70. The van der Waals surface area contributed by atoms with Gasteiger partial charge in [0.25, 0.3) is 5.91 Å². The highest BCUT2D eigenvalue weighted by atomic mass is 19.4. The minimum atomic E-state index is -4.45. The normalized spacial score (nSPS) is 13.1. The number of carbonyl (C=O) groups is 1. The summed E-state index contributed by atoms with van der Waals surface area (Å²) in [5, 5.41) is 2.63. The van der Waals surface area contributed by atoms with Crippen LogP contribution in [0.3, 0.4) is 0 Å². The number of benzene rings is 1. The molecular formula is C13H17F3N2O. The first-order valence-electron chi connectivity index (χ1n) is 6.06. The lowest BCUT2D eigenvalue weighted by Crippen LogP contribution is -2.40. The average molecular weight is 274 g/mol. The van der Waals surface area contributed by atoms with Crippen LogP contribution in [0.4, 0.5) is 13.2 Å².